The van der Waals surface area contributed by atoms with E-state index in [9.17, 15) is 0 Å². The van der Waals surface area contributed by atoms with Crippen molar-refractivity contribution in [3.8, 4) is 17.1 Å². The summed E-state index contributed by atoms with van der Waals surface area (Å²) in [5.74, 6) is 2.13. The van der Waals surface area contributed by atoms with Crippen LogP contribution in [0.2, 0.25) is 0 Å². The first-order valence-electron chi connectivity index (χ1n) is 10.0. The summed E-state index contributed by atoms with van der Waals surface area (Å²) in [6.45, 7) is 3.19. The van der Waals surface area contributed by atoms with Crippen molar-refractivity contribution in [3.63, 3.8) is 0 Å². The predicted molar refractivity (Wildman–Crippen MR) is 132 cm³/mol. The van der Waals surface area contributed by atoms with Gasteiger partial charge in [0.1, 0.15) is 17.4 Å². The normalized spacial score (nSPS) is 10.8. The molecule has 9 nitrogen and oxygen atoms in total. The van der Waals surface area contributed by atoms with Crippen LogP contribution in [0.25, 0.3) is 11.4 Å². The number of nitrogens with one attached hydrogen (secondary N) is 3. The quantitative estimate of drug-likeness (QED) is 0.270. The highest BCUT2D eigenvalue weighted by molar-refractivity contribution is 8.00. The number of benzene rings is 1. The molecule has 0 radical (unpaired) electrons. The van der Waals surface area contributed by atoms with Crippen molar-refractivity contribution in [2.45, 2.75) is 11.8 Å². The number of likely N-dealkylation sites (N-methyl/N-ethyl adjacent to an activating group) is 1. The Morgan fingerprint density at radius 3 is 2.59 bits per heavy atom. The monoisotopic (exact) mass is 452 g/mol. The molecule has 3 rings (SSSR count). The van der Waals surface area contributed by atoms with Crippen molar-refractivity contribution in [3.05, 3.63) is 48.3 Å². The van der Waals surface area contributed by atoms with Crippen LogP contribution in [0.4, 0.5) is 17.3 Å². The molecule has 2 heterocycles. The fourth-order valence-corrected chi connectivity index (χ4v) is 3.65. The van der Waals surface area contributed by atoms with Crippen molar-refractivity contribution < 1.29 is 4.74 Å². The molecule has 0 amide bonds. The summed E-state index contributed by atoms with van der Waals surface area (Å²) in [4.78, 5) is 16.2. The zero-order valence-corrected chi connectivity index (χ0v) is 19.5. The highest BCUT2D eigenvalue weighted by atomic mass is 32.2. The van der Waals surface area contributed by atoms with E-state index < -0.39 is 0 Å². The Bertz CT molecular complexity index is 1070. The summed E-state index contributed by atoms with van der Waals surface area (Å²) in [5.41, 5.74) is 8.78. The van der Waals surface area contributed by atoms with Crippen molar-refractivity contribution in [1.82, 2.24) is 19.9 Å². The van der Waals surface area contributed by atoms with Crippen LogP contribution in [0.15, 0.2) is 47.6 Å². The second-order valence-electron chi connectivity index (χ2n) is 7.32. The van der Waals surface area contributed by atoms with E-state index in [0.29, 0.717) is 29.5 Å². The molecule has 0 atom stereocenters. The zero-order chi connectivity index (χ0) is 23.1. The van der Waals surface area contributed by atoms with Crippen LogP contribution in [-0.2, 0) is 0 Å². The van der Waals surface area contributed by atoms with E-state index >= 15 is 0 Å². The van der Waals surface area contributed by atoms with Crippen LogP contribution >= 0.6 is 11.9 Å². The zero-order valence-electron chi connectivity index (χ0n) is 18.6. The fourth-order valence-electron chi connectivity index (χ4n) is 2.92. The molecular formula is C22H28N8OS. The summed E-state index contributed by atoms with van der Waals surface area (Å²) >= 11 is 1.42. The van der Waals surface area contributed by atoms with E-state index in [1.54, 1.807) is 26.4 Å². The molecule has 0 aliphatic carbocycles. The molecule has 0 aliphatic rings. The minimum atomic E-state index is 0.288. The third-order valence-corrected chi connectivity index (χ3v) is 5.42. The van der Waals surface area contributed by atoms with Gasteiger partial charge in [-0.25, -0.2) is 9.97 Å². The Balaban J connectivity index is 1.78. The summed E-state index contributed by atoms with van der Waals surface area (Å²) in [7, 11) is 5.64. The summed E-state index contributed by atoms with van der Waals surface area (Å²) in [6.07, 6.45) is 3.44. The van der Waals surface area contributed by atoms with Crippen molar-refractivity contribution >= 4 is 35.0 Å². The third-order valence-electron chi connectivity index (χ3n) is 4.55. The maximum absolute atomic E-state index is 8.05. The summed E-state index contributed by atoms with van der Waals surface area (Å²) in [6, 6.07) is 9.56. The van der Waals surface area contributed by atoms with Gasteiger partial charge in [-0.05, 0) is 63.3 Å². The van der Waals surface area contributed by atoms with Crippen LogP contribution in [0.1, 0.15) is 12.5 Å². The Hall–Kier alpha value is -3.37. The standard InChI is InChI=1S/C22H28N8OS/c1-14(23)19-20(24)27-21(28-22(19)26-11-12-30(2)3)15-5-7-16(8-6-15)29-32-18-13-25-10-9-17(18)31-4/h5-10,13,23,29H,11-12H2,1-4H3,(H3,24,26,27,28). The number of nitrogens with zero attached hydrogens (tertiary/aromatic N) is 4. The number of ether oxygens (including phenoxy) is 1. The Morgan fingerprint density at radius 1 is 1.19 bits per heavy atom. The van der Waals surface area contributed by atoms with Crippen LogP contribution in [0.5, 0.6) is 5.75 Å². The van der Waals surface area contributed by atoms with E-state index in [4.69, 9.17) is 15.9 Å². The maximum Gasteiger partial charge on any atom is 0.163 e. The van der Waals surface area contributed by atoms with E-state index in [1.807, 2.05) is 44.4 Å². The van der Waals surface area contributed by atoms with Gasteiger partial charge in [-0.2, -0.15) is 0 Å². The average molecular weight is 453 g/mol. The van der Waals surface area contributed by atoms with Gasteiger partial charge < -0.3 is 30.8 Å². The van der Waals surface area contributed by atoms with Crippen molar-refractivity contribution in [2.75, 3.05) is 50.1 Å². The molecule has 0 saturated heterocycles. The maximum atomic E-state index is 8.05. The van der Waals surface area contributed by atoms with Gasteiger partial charge in [-0.15, -0.1) is 0 Å². The highest BCUT2D eigenvalue weighted by Crippen LogP contribution is 2.30. The Labute approximate surface area is 192 Å². The van der Waals surface area contributed by atoms with Crippen molar-refractivity contribution in [1.29, 1.82) is 5.41 Å². The lowest BCUT2D eigenvalue weighted by Gasteiger charge is -2.16. The van der Waals surface area contributed by atoms with Gasteiger partial charge in [0.05, 0.1) is 17.6 Å². The molecular weight excluding hydrogens is 424 g/mol. The van der Waals surface area contributed by atoms with Gasteiger partial charge in [0.15, 0.2) is 5.82 Å². The molecule has 10 heteroatoms. The van der Waals surface area contributed by atoms with Gasteiger partial charge in [0, 0.05) is 42.4 Å². The molecule has 0 saturated carbocycles. The molecule has 0 bridgehead atoms. The SMILES string of the molecule is COc1ccncc1SNc1ccc(-c2nc(N)c(C(C)=N)c(NCCN(C)C)n2)cc1. The topological polar surface area (TPSA) is 125 Å². The summed E-state index contributed by atoms with van der Waals surface area (Å²) < 4.78 is 8.63. The van der Waals surface area contributed by atoms with E-state index in [-0.39, 0.29) is 5.82 Å². The van der Waals surface area contributed by atoms with Gasteiger partial charge in [0.2, 0.25) is 0 Å². The van der Waals surface area contributed by atoms with E-state index in [2.05, 4.69) is 29.9 Å². The first-order valence-corrected chi connectivity index (χ1v) is 10.8. The van der Waals surface area contributed by atoms with Gasteiger partial charge in [-0.1, -0.05) is 0 Å². The Kier molecular flexibility index (Phi) is 7.85. The van der Waals surface area contributed by atoms with Gasteiger partial charge in [-0.3, -0.25) is 4.98 Å². The molecule has 32 heavy (non-hydrogen) atoms. The number of pyridine rings is 1. The molecule has 0 spiro atoms. The number of hydrogen-bond acceptors (Lipinski definition) is 10. The van der Waals surface area contributed by atoms with Crippen LogP contribution < -0.4 is 20.5 Å². The molecule has 2 aromatic heterocycles. The molecule has 1 aromatic carbocycles. The number of nitrogens with two attached hydrogens (primary N) is 1. The fraction of sp³-hybridized carbons (Fsp3) is 0.273. The number of anilines is 3. The molecule has 0 aliphatic heterocycles. The van der Waals surface area contributed by atoms with Gasteiger partial charge >= 0.3 is 0 Å². The molecule has 5 N–H and O–H groups in total. The second-order valence-corrected chi connectivity index (χ2v) is 8.17. The second kappa shape index (κ2) is 10.8. The van der Waals surface area contributed by atoms with Crippen LogP contribution in [-0.4, -0.2) is 59.9 Å². The largest absolute Gasteiger partial charge is 0.495 e. The number of rotatable bonds is 10. The predicted octanol–water partition coefficient (Wildman–Crippen LogP) is 3.61. The highest BCUT2D eigenvalue weighted by Gasteiger charge is 2.15. The lowest BCUT2D eigenvalue weighted by Crippen LogP contribution is -2.22. The number of nitrogen functional groups attached to an aromatic ring is 1. The smallest absolute Gasteiger partial charge is 0.163 e. The minimum absolute atomic E-state index is 0.288. The van der Waals surface area contributed by atoms with Crippen molar-refractivity contribution in [2.24, 2.45) is 0 Å². The lowest BCUT2D eigenvalue weighted by molar-refractivity contribution is 0.404. The van der Waals surface area contributed by atoms with Gasteiger partial charge in [0.25, 0.3) is 0 Å². The molecule has 168 valence electrons. The number of aromatic nitrogens is 3. The summed E-state index contributed by atoms with van der Waals surface area (Å²) in [5, 5.41) is 11.3. The van der Waals surface area contributed by atoms with Crippen LogP contribution in [0.3, 0.4) is 0 Å². The number of methoxy groups -OCH3 is 1. The van der Waals surface area contributed by atoms with E-state index in [1.165, 1.54) is 11.9 Å². The number of hydrogen-bond donors (Lipinski definition) is 4. The Morgan fingerprint density at radius 2 is 1.94 bits per heavy atom. The van der Waals surface area contributed by atoms with Crippen LogP contribution in [0, 0.1) is 5.41 Å². The average Bonchev–Trinajstić information content (AvgIpc) is 2.77. The molecule has 0 fully saturated rings. The first kappa shape index (κ1) is 23.3. The lowest BCUT2D eigenvalue weighted by atomic mass is 10.1. The first-order chi connectivity index (χ1) is 15.4. The molecule has 0 unspecified atom stereocenters. The minimum Gasteiger partial charge on any atom is -0.495 e. The molecule has 3 aromatic rings. The van der Waals surface area contributed by atoms with E-state index in [0.717, 1.165) is 28.4 Å². The third kappa shape index (κ3) is 5.86.